The predicted octanol–water partition coefficient (Wildman–Crippen LogP) is 7.74. The number of H-pyrrole nitrogens is 1. The molecule has 10 heteroatoms. The third kappa shape index (κ3) is 8.01. The van der Waals surface area contributed by atoms with Crippen LogP contribution in [0.15, 0.2) is 115 Å². The first kappa shape index (κ1) is 34.5. The van der Waals surface area contributed by atoms with Gasteiger partial charge in [-0.3, -0.25) is 4.79 Å². The van der Waals surface area contributed by atoms with Crippen LogP contribution in [0.25, 0.3) is 22.4 Å². The van der Waals surface area contributed by atoms with Crippen molar-refractivity contribution in [2.45, 2.75) is 56.7 Å². The van der Waals surface area contributed by atoms with Crippen LogP contribution in [0.1, 0.15) is 66.6 Å². The van der Waals surface area contributed by atoms with E-state index in [9.17, 15) is 14.4 Å². The lowest BCUT2D eigenvalue weighted by atomic mass is 9.98. The van der Waals surface area contributed by atoms with E-state index in [1.807, 2.05) is 89.8 Å². The summed E-state index contributed by atoms with van der Waals surface area (Å²) < 4.78 is 11.2. The summed E-state index contributed by atoms with van der Waals surface area (Å²) in [5, 5.41) is 5.69. The Bertz CT molecular complexity index is 1940. The second-order valence-corrected chi connectivity index (χ2v) is 13.2. The molecule has 0 radical (unpaired) electrons. The highest BCUT2D eigenvalue weighted by molar-refractivity contribution is 5.86. The molecular weight excluding hydrogens is 654 g/mol. The molecule has 2 heterocycles. The van der Waals surface area contributed by atoms with Gasteiger partial charge in [-0.05, 0) is 65.5 Å². The number of ether oxygens (including phenoxy) is 2. The van der Waals surface area contributed by atoms with Crippen LogP contribution >= 0.6 is 0 Å². The number of hydrogen-bond acceptors (Lipinski definition) is 6. The van der Waals surface area contributed by atoms with Crippen LogP contribution in [0.4, 0.5) is 9.59 Å². The number of amides is 3. The number of aromatic amines is 1. The Hall–Kier alpha value is -5.90. The van der Waals surface area contributed by atoms with Gasteiger partial charge in [0.1, 0.15) is 25.1 Å². The van der Waals surface area contributed by atoms with Crippen molar-refractivity contribution < 1.29 is 23.9 Å². The van der Waals surface area contributed by atoms with Gasteiger partial charge in [-0.25, -0.2) is 14.6 Å². The molecule has 10 nitrogen and oxygen atoms in total. The summed E-state index contributed by atoms with van der Waals surface area (Å²) in [6.07, 6.45) is 3.81. The maximum atomic E-state index is 14.2. The van der Waals surface area contributed by atoms with Crippen LogP contribution in [0.3, 0.4) is 0 Å². The number of unbranched alkanes of at least 4 members (excludes halogenated alkanes) is 1. The first-order valence-corrected chi connectivity index (χ1v) is 18.0. The Balaban J connectivity index is 0.992. The summed E-state index contributed by atoms with van der Waals surface area (Å²) >= 11 is 0. The number of alkyl carbamates (subject to hydrolysis) is 2. The molecule has 2 atom stereocenters. The zero-order chi connectivity index (χ0) is 35.7. The summed E-state index contributed by atoms with van der Waals surface area (Å²) in [4.78, 5) is 49.9. The van der Waals surface area contributed by atoms with Gasteiger partial charge < -0.3 is 30.0 Å². The number of benzene rings is 4. The Kier molecular flexibility index (Phi) is 10.9. The molecule has 1 aromatic heterocycles. The minimum Gasteiger partial charge on any atom is -0.449 e. The van der Waals surface area contributed by atoms with Gasteiger partial charge >= 0.3 is 12.2 Å². The van der Waals surface area contributed by atoms with Crippen molar-refractivity contribution in [3.63, 3.8) is 0 Å². The zero-order valence-electron chi connectivity index (χ0n) is 29.0. The average Bonchev–Trinajstić information content (AvgIpc) is 3.95. The summed E-state index contributed by atoms with van der Waals surface area (Å²) in [5.74, 6) is 0.451. The maximum Gasteiger partial charge on any atom is 0.407 e. The van der Waals surface area contributed by atoms with Gasteiger partial charge in [0.05, 0.1) is 17.9 Å². The van der Waals surface area contributed by atoms with Crippen molar-refractivity contribution in [3.05, 3.63) is 138 Å². The van der Waals surface area contributed by atoms with Crippen molar-refractivity contribution in [2.24, 2.45) is 0 Å². The number of aromatic nitrogens is 2. The molecule has 3 N–H and O–H groups in total. The summed E-state index contributed by atoms with van der Waals surface area (Å²) in [5.41, 5.74) is 7.34. The quantitative estimate of drug-likeness (QED) is 0.108. The first-order valence-electron chi connectivity index (χ1n) is 18.0. The van der Waals surface area contributed by atoms with E-state index in [0.29, 0.717) is 32.4 Å². The van der Waals surface area contributed by atoms with Crippen LogP contribution in [-0.2, 0) is 20.9 Å². The van der Waals surface area contributed by atoms with Crippen LogP contribution < -0.4 is 10.6 Å². The van der Waals surface area contributed by atoms with Gasteiger partial charge in [0.15, 0.2) is 0 Å². The van der Waals surface area contributed by atoms with Crippen molar-refractivity contribution in [1.82, 2.24) is 25.5 Å². The van der Waals surface area contributed by atoms with E-state index in [0.717, 1.165) is 57.7 Å². The maximum absolute atomic E-state index is 14.2. The standard InChI is InChI=1S/C42H43N5O5/c48-40(47-25-13-23-38(47)39-44-26-37(45-39)30-16-5-2-6-17-30)36(22-11-12-24-43-41(49)51-27-29-14-3-1-4-15-29)46-42(50)52-28-35-33-20-9-7-18-31(33)32-19-8-10-21-34(32)35/h1-10,14-21,26,35-36,38H,11-13,22-25,27-28H2,(H,43,49)(H,44,45)(H,46,50)/t36-,38-/m0/s1. The molecule has 2 aliphatic rings. The molecule has 52 heavy (non-hydrogen) atoms. The SMILES string of the molecule is O=C(NCCCC[C@H](NC(=O)OCC1c2ccccc2-c2ccccc21)C(=O)N1CCC[C@H]1c1ncc(-c2ccccc2)[nH]1)OCc1ccccc1. The van der Waals surface area contributed by atoms with Crippen LogP contribution in [0, 0.1) is 0 Å². The number of nitrogens with one attached hydrogen (secondary N) is 3. The largest absolute Gasteiger partial charge is 0.449 e. The van der Waals surface area contributed by atoms with E-state index >= 15 is 0 Å². The summed E-state index contributed by atoms with van der Waals surface area (Å²) in [7, 11) is 0. The monoisotopic (exact) mass is 697 g/mol. The fourth-order valence-electron chi connectivity index (χ4n) is 7.26. The lowest BCUT2D eigenvalue weighted by molar-refractivity contribution is -0.134. The number of carbonyl (C=O) groups is 3. The van der Waals surface area contributed by atoms with Gasteiger partial charge in [0, 0.05) is 19.0 Å². The number of likely N-dealkylation sites (tertiary alicyclic amines) is 1. The summed E-state index contributed by atoms with van der Waals surface area (Å²) in [6, 6.07) is 34.7. The lowest BCUT2D eigenvalue weighted by Crippen LogP contribution is -2.48. The number of carbonyl (C=O) groups excluding carboxylic acids is 3. The second kappa shape index (κ2) is 16.4. The van der Waals surface area contributed by atoms with Crippen LogP contribution in [0.5, 0.6) is 0 Å². The van der Waals surface area contributed by atoms with Gasteiger partial charge in [-0.15, -0.1) is 0 Å². The molecule has 1 saturated heterocycles. The minimum atomic E-state index is -0.815. The highest BCUT2D eigenvalue weighted by Crippen LogP contribution is 2.44. The normalized spacial score (nSPS) is 15.4. The number of fused-ring (bicyclic) bond motifs is 3. The van der Waals surface area contributed by atoms with E-state index in [4.69, 9.17) is 9.47 Å². The molecule has 1 fully saturated rings. The average molecular weight is 698 g/mol. The molecule has 0 bridgehead atoms. The highest BCUT2D eigenvalue weighted by Gasteiger charge is 2.37. The Morgan fingerprint density at radius 2 is 1.48 bits per heavy atom. The van der Waals surface area contributed by atoms with Crippen molar-refractivity contribution >= 4 is 18.1 Å². The fraction of sp³-hybridized carbons (Fsp3) is 0.286. The highest BCUT2D eigenvalue weighted by atomic mass is 16.6. The van der Waals surface area contributed by atoms with E-state index in [1.54, 1.807) is 6.20 Å². The van der Waals surface area contributed by atoms with Crippen LogP contribution in [0.2, 0.25) is 0 Å². The van der Waals surface area contributed by atoms with Crippen molar-refractivity contribution in [2.75, 3.05) is 19.7 Å². The molecule has 4 aromatic carbocycles. The second-order valence-electron chi connectivity index (χ2n) is 13.2. The molecule has 1 aliphatic carbocycles. The molecular formula is C42H43N5O5. The van der Waals surface area contributed by atoms with Crippen molar-refractivity contribution in [1.29, 1.82) is 0 Å². The third-order valence-electron chi connectivity index (χ3n) is 9.87. The smallest absolute Gasteiger partial charge is 0.407 e. The first-order chi connectivity index (χ1) is 25.5. The van der Waals surface area contributed by atoms with Gasteiger partial charge in [0.25, 0.3) is 0 Å². The molecule has 3 amide bonds. The molecule has 0 saturated carbocycles. The number of hydrogen-bond donors (Lipinski definition) is 3. The fourth-order valence-corrected chi connectivity index (χ4v) is 7.26. The Morgan fingerprint density at radius 3 is 2.21 bits per heavy atom. The Labute approximate surface area is 303 Å². The Morgan fingerprint density at radius 1 is 0.808 bits per heavy atom. The zero-order valence-corrected chi connectivity index (χ0v) is 29.0. The molecule has 5 aromatic rings. The van der Waals surface area contributed by atoms with Crippen molar-refractivity contribution in [3.8, 4) is 22.4 Å². The van der Waals surface area contributed by atoms with Crippen LogP contribution in [-0.4, -0.2) is 58.7 Å². The molecule has 0 unspecified atom stereocenters. The number of nitrogens with zero attached hydrogens (tertiary/aromatic N) is 2. The topological polar surface area (TPSA) is 126 Å². The predicted molar refractivity (Wildman–Crippen MR) is 198 cm³/mol. The lowest BCUT2D eigenvalue weighted by Gasteiger charge is -2.28. The van der Waals surface area contributed by atoms with Gasteiger partial charge in [-0.1, -0.05) is 109 Å². The van der Waals surface area contributed by atoms with E-state index in [1.165, 1.54) is 0 Å². The van der Waals surface area contributed by atoms with Gasteiger partial charge in [0.2, 0.25) is 5.91 Å². The molecule has 7 rings (SSSR count). The third-order valence-corrected chi connectivity index (χ3v) is 9.87. The molecule has 1 aliphatic heterocycles. The van der Waals surface area contributed by atoms with E-state index in [2.05, 4.69) is 44.9 Å². The molecule has 266 valence electrons. The number of imidazole rings is 1. The number of rotatable bonds is 13. The minimum absolute atomic E-state index is 0.0965. The summed E-state index contributed by atoms with van der Waals surface area (Å²) in [6.45, 7) is 1.27. The molecule has 0 spiro atoms. The van der Waals surface area contributed by atoms with Gasteiger partial charge in [-0.2, -0.15) is 0 Å². The van der Waals surface area contributed by atoms with E-state index in [-0.39, 0.29) is 31.1 Å². The van der Waals surface area contributed by atoms with E-state index < -0.39 is 18.2 Å².